The molecule has 3 heteroatoms. The Labute approximate surface area is 101 Å². The third-order valence-corrected chi connectivity index (χ3v) is 3.60. The van der Waals surface area contributed by atoms with Crippen LogP contribution in [-0.2, 0) is 0 Å². The van der Waals surface area contributed by atoms with Crippen molar-refractivity contribution in [3.8, 4) is 0 Å². The second-order valence-electron chi connectivity index (χ2n) is 5.29. The Balaban J connectivity index is 4.00. The van der Waals surface area contributed by atoms with Crippen LogP contribution in [0.3, 0.4) is 0 Å². The molecule has 0 rings (SSSR count). The molecule has 0 aromatic carbocycles. The summed E-state index contributed by atoms with van der Waals surface area (Å²) in [4.78, 5) is 2.50. The highest BCUT2D eigenvalue weighted by molar-refractivity contribution is 5.82. The van der Waals surface area contributed by atoms with Gasteiger partial charge in [0.15, 0.2) is 0 Å². The van der Waals surface area contributed by atoms with Crippen molar-refractivity contribution in [1.82, 2.24) is 4.90 Å². The van der Waals surface area contributed by atoms with E-state index in [4.69, 9.17) is 11.1 Å². The van der Waals surface area contributed by atoms with Crippen LogP contribution in [-0.4, -0.2) is 29.9 Å². The third kappa shape index (κ3) is 4.97. The second-order valence-corrected chi connectivity index (χ2v) is 5.29. The molecule has 0 aliphatic carbocycles. The van der Waals surface area contributed by atoms with Gasteiger partial charge in [0, 0.05) is 11.5 Å². The summed E-state index contributed by atoms with van der Waals surface area (Å²) in [5, 5.41) is 7.51. The van der Waals surface area contributed by atoms with E-state index in [0.717, 1.165) is 25.9 Å². The number of nitrogens with one attached hydrogen (secondary N) is 1. The molecule has 0 spiro atoms. The van der Waals surface area contributed by atoms with Gasteiger partial charge in [-0.1, -0.05) is 27.7 Å². The maximum Gasteiger partial charge on any atom is 0.0963 e. The molecule has 3 nitrogen and oxygen atoms in total. The molecule has 0 aromatic heterocycles. The zero-order valence-electron chi connectivity index (χ0n) is 11.6. The largest absolute Gasteiger partial charge is 0.387 e. The fourth-order valence-electron chi connectivity index (χ4n) is 1.81. The lowest BCUT2D eigenvalue weighted by Gasteiger charge is -2.29. The first kappa shape index (κ1) is 15.4. The van der Waals surface area contributed by atoms with Crippen LogP contribution in [0.15, 0.2) is 0 Å². The zero-order chi connectivity index (χ0) is 12.8. The molecule has 16 heavy (non-hydrogen) atoms. The quantitative estimate of drug-likeness (QED) is 0.495. The maximum atomic E-state index is 7.51. The van der Waals surface area contributed by atoms with E-state index in [1.165, 1.54) is 6.42 Å². The van der Waals surface area contributed by atoms with Gasteiger partial charge in [0.05, 0.1) is 5.84 Å². The van der Waals surface area contributed by atoms with Crippen molar-refractivity contribution in [3.05, 3.63) is 0 Å². The molecule has 0 bridgehead atoms. The van der Waals surface area contributed by atoms with Crippen molar-refractivity contribution in [2.75, 3.05) is 13.1 Å². The fourth-order valence-corrected chi connectivity index (χ4v) is 1.81. The number of hydrogen-bond acceptors (Lipinski definition) is 2. The summed E-state index contributed by atoms with van der Waals surface area (Å²) in [5.74, 6) is 0.305. The Morgan fingerprint density at radius 1 is 1.38 bits per heavy atom. The van der Waals surface area contributed by atoms with Gasteiger partial charge in [-0.2, -0.15) is 0 Å². The highest BCUT2D eigenvalue weighted by atomic mass is 15.1. The highest BCUT2D eigenvalue weighted by Gasteiger charge is 2.21. The lowest BCUT2D eigenvalue weighted by atomic mass is 9.86. The summed E-state index contributed by atoms with van der Waals surface area (Å²) in [5.41, 5.74) is 5.43. The summed E-state index contributed by atoms with van der Waals surface area (Å²) in [6.45, 7) is 13.0. The van der Waals surface area contributed by atoms with Gasteiger partial charge < -0.3 is 10.6 Å². The van der Waals surface area contributed by atoms with Crippen molar-refractivity contribution in [3.63, 3.8) is 0 Å². The van der Waals surface area contributed by atoms with Crippen molar-refractivity contribution >= 4 is 5.84 Å². The molecule has 3 N–H and O–H groups in total. The van der Waals surface area contributed by atoms with E-state index in [9.17, 15) is 0 Å². The van der Waals surface area contributed by atoms with Gasteiger partial charge in [0.25, 0.3) is 0 Å². The molecule has 0 fully saturated rings. The number of rotatable bonds is 8. The van der Waals surface area contributed by atoms with E-state index < -0.39 is 0 Å². The minimum absolute atomic E-state index is 0.144. The first-order valence-corrected chi connectivity index (χ1v) is 6.43. The number of nitrogens with zero attached hydrogens (tertiary/aromatic N) is 1. The molecule has 0 aromatic rings. The van der Waals surface area contributed by atoms with Gasteiger partial charge in [0.2, 0.25) is 0 Å². The lowest BCUT2D eigenvalue weighted by Crippen LogP contribution is -2.35. The minimum Gasteiger partial charge on any atom is -0.387 e. The van der Waals surface area contributed by atoms with Crippen molar-refractivity contribution in [2.45, 2.75) is 59.9 Å². The normalized spacial score (nSPS) is 14.1. The van der Waals surface area contributed by atoms with Crippen molar-refractivity contribution in [1.29, 1.82) is 5.41 Å². The van der Waals surface area contributed by atoms with Crippen LogP contribution in [0.5, 0.6) is 0 Å². The van der Waals surface area contributed by atoms with Crippen LogP contribution in [0.2, 0.25) is 0 Å². The van der Waals surface area contributed by atoms with Crippen LogP contribution in [0.1, 0.15) is 53.9 Å². The molecule has 1 atom stereocenters. The Morgan fingerprint density at radius 2 is 1.94 bits per heavy atom. The summed E-state index contributed by atoms with van der Waals surface area (Å²) >= 11 is 0. The SMILES string of the molecule is CCC(C)N(CC)CCCC(C)(C)C(=N)N. The Hall–Kier alpha value is -0.570. The fraction of sp³-hybridized carbons (Fsp3) is 0.923. The van der Waals surface area contributed by atoms with Gasteiger partial charge in [-0.3, -0.25) is 5.41 Å². The first-order valence-electron chi connectivity index (χ1n) is 6.43. The van der Waals surface area contributed by atoms with Crippen LogP contribution in [0.4, 0.5) is 0 Å². The summed E-state index contributed by atoms with van der Waals surface area (Å²) in [7, 11) is 0. The molecule has 1 unspecified atom stereocenters. The molecule has 0 aliphatic heterocycles. The van der Waals surface area contributed by atoms with Gasteiger partial charge >= 0.3 is 0 Å². The summed E-state index contributed by atoms with van der Waals surface area (Å²) in [6.07, 6.45) is 3.31. The minimum atomic E-state index is -0.144. The lowest BCUT2D eigenvalue weighted by molar-refractivity contribution is 0.204. The Bertz CT molecular complexity index is 211. The topological polar surface area (TPSA) is 53.1 Å². The van der Waals surface area contributed by atoms with Gasteiger partial charge in [-0.05, 0) is 39.3 Å². The number of hydrogen-bond donors (Lipinski definition) is 2. The van der Waals surface area contributed by atoms with E-state index in [1.54, 1.807) is 0 Å². The Morgan fingerprint density at radius 3 is 2.31 bits per heavy atom. The first-order chi connectivity index (χ1) is 7.35. The molecular formula is C13H29N3. The van der Waals surface area contributed by atoms with E-state index >= 15 is 0 Å². The van der Waals surface area contributed by atoms with Crippen LogP contribution < -0.4 is 5.73 Å². The summed E-state index contributed by atoms with van der Waals surface area (Å²) in [6, 6.07) is 0.658. The molecule has 0 heterocycles. The second kappa shape index (κ2) is 6.89. The van der Waals surface area contributed by atoms with Gasteiger partial charge in [0.1, 0.15) is 0 Å². The standard InChI is InChI=1S/C13H29N3/c1-6-11(3)16(7-2)10-8-9-13(4,5)12(14)15/h11H,6-10H2,1-5H3,(H3,14,15). The van der Waals surface area contributed by atoms with Crippen LogP contribution >= 0.6 is 0 Å². The molecule has 96 valence electrons. The number of nitrogens with two attached hydrogens (primary N) is 1. The average Bonchev–Trinajstić information content (AvgIpc) is 2.23. The third-order valence-electron chi connectivity index (χ3n) is 3.60. The monoisotopic (exact) mass is 227 g/mol. The van der Waals surface area contributed by atoms with Crippen LogP contribution in [0.25, 0.3) is 0 Å². The van der Waals surface area contributed by atoms with Crippen molar-refractivity contribution < 1.29 is 0 Å². The number of amidine groups is 1. The molecule has 0 radical (unpaired) electrons. The van der Waals surface area contributed by atoms with Gasteiger partial charge in [-0.25, -0.2) is 0 Å². The Kier molecular flexibility index (Phi) is 6.65. The molecular weight excluding hydrogens is 198 g/mol. The average molecular weight is 227 g/mol. The van der Waals surface area contributed by atoms with E-state index in [2.05, 4.69) is 39.5 Å². The van der Waals surface area contributed by atoms with E-state index in [1.807, 2.05) is 0 Å². The smallest absolute Gasteiger partial charge is 0.0963 e. The van der Waals surface area contributed by atoms with E-state index in [0.29, 0.717) is 11.9 Å². The summed E-state index contributed by atoms with van der Waals surface area (Å²) < 4.78 is 0. The van der Waals surface area contributed by atoms with Gasteiger partial charge in [-0.15, -0.1) is 0 Å². The maximum absolute atomic E-state index is 7.51. The molecule has 0 saturated heterocycles. The predicted octanol–water partition coefficient (Wildman–Crippen LogP) is 2.85. The predicted molar refractivity (Wildman–Crippen MR) is 71.9 cm³/mol. The molecule has 0 saturated carbocycles. The molecule has 0 aliphatic rings. The highest BCUT2D eigenvalue weighted by Crippen LogP contribution is 2.22. The molecule has 0 amide bonds. The van der Waals surface area contributed by atoms with Crippen molar-refractivity contribution in [2.24, 2.45) is 11.1 Å². The van der Waals surface area contributed by atoms with Crippen LogP contribution in [0, 0.1) is 10.8 Å². The van der Waals surface area contributed by atoms with E-state index in [-0.39, 0.29) is 5.41 Å². The zero-order valence-corrected chi connectivity index (χ0v) is 11.6.